The molecule has 6 nitrogen and oxygen atoms in total. The van der Waals surface area contributed by atoms with Crippen molar-refractivity contribution in [2.45, 2.75) is 37.6 Å². The number of nitrogens with one attached hydrogen (secondary N) is 2. The highest BCUT2D eigenvalue weighted by atomic mass is 35.5. The maximum Gasteiger partial charge on any atom is 0.264 e. The quantitative estimate of drug-likeness (QED) is 0.301. The van der Waals surface area contributed by atoms with Crippen LogP contribution in [0.3, 0.4) is 0 Å². The number of sulfonamides is 1. The van der Waals surface area contributed by atoms with Crippen molar-refractivity contribution < 1.29 is 8.42 Å². The molecule has 1 aliphatic heterocycles. The fourth-order valence-corrected chi connectivity index (χ4v) is 5.51. The lowest BCUT2D eigenvalue weighted by molar-refractivity contribution is 0.221. The molecule has 1 fully saturated rings. The number of likely N-dealkylation sites (tertiary alicyclic amines) is 1. The van der Waals surface area contributed by atoms with Crippen LogP contribution in [0.1, 0.15) is 36.0 Å². The van der Waals surface area contributed by atoms with Gasteiger partial charge in [-0.3, -0.25) is 15.0 Å². The predicted octanol–water partition coefficient (Wildman–Crippen LogP) is 5.88. The summed E-state index contributed by atoms with van der Waals surface area (Å²) in [5.41, 5.74) is 6.62. The number of anilines is 2. The van der Waals surface area contributed by atoms with Crippen molar-refractivity contribution in [2.75, 3.05) is 23.2 Å². The first kappa shape index (κ1) is 24.3. The molecule has 0 aromatic heterocycles. The van der Waals surface area contributed by atoms with E-state index < -0.39 is 10.0 Å². The van der Waals surface area contributed by atoms with Gasteiger partial charge in [-0.25, -0.2) is 8.42 Å². The SMILES string of the molecule is Cc1ccc(N/N=C/c2ccc(CN3CCCCC3)cc2)c(S(=O)(=O)Nc2ccccc2Cl)c1. The highest BCUT2D eigenvalue weighted by Crippen LogP contribution is 2.28. The summed E-state index contributed by atoms with van der Waals surface area (Å²) in [6.45, 7) is 5.15. The zero-order valence-electron chi connectivity index (χ0n) is 19.2. The lowest BCUT2D eigenvalue weighted by atomic mass is 10.1. The first-order chi connectivity index (χ1) is 16.4. The monoisotopic (exact) mass is 496 g/mol. The molecule has 0 spiro atoms. The van der Waals surface area contributed by atoms with Crippen LogP contribution in [-0.4, -0.2) is 32.6 Å². The topological polar surface area (TPSA) is 73.8 Å². The molecule has 1 aliphatic rings. The van der Waals surface area contributed by atoms with Crippen LogP contribution in [0.15, 0.2) is 76.7 Å². The number of piperidine rings is 1. The van der Waals surface area contributed by atoms with E-state index in [9.17, 15) is 8.42 Å². The number of hydrogen-bond donors (Lipinski definition) is 2. The Balaban J connectivity index is 1.45. The average Bonchev–Trinajstić information content (AvgIpc) is 2.83. The van der Waals surface area contributed by atoms with E-state index >= 15 is 0 Å². The van der Waals surface area contributed by atoms with Crippen molar-refractivity contribution in [3.8, 4) is 0 Å². The molecule has 0 bridgehead atoms. The highest BCUT2D eigenvalue weighted by Gasteiger charge is 2.20. The van der Waals surface area contributed by atoms with Gasteiger partial charge in [0.1, 0.15) is 4.90 Å². The zero-order valence-corrected chi connectivity index (χ0v) is 20.7. The standard InChI is InChI=1S/C26H29ClN4O2S/c1-20-9-14-25(26(17-20)34(32,33)30-24-8-4-3-7-23(24)27)29-28-18-21-10-12-22(13-11-21)19-31-15-5-2-6-16-31/h3-4,7-14,17-18,29-30H,2,5-6,15-16,19H2,1H3/b28-18+. The van der Waals surface area contributed by atoms with Crippen LogP contribution in [0.5, 0.6) is 0 Å². The summed E-state index contributed by atoms with van der Waals surface area (Å²) in [4.78, 5) is 2.59. The lowest BCUT2D eigenvalue weighted by Crippen LogP contribution is -2.29. The zero-order chi connectivity index (χ0) is 24.0. The minimum atomic E-state index is -3.88. The van der Waals surface area contributed by atoms with Gasteiger partial charge in [0.15, 0.2) is 0 Å². The Morgan fingerprint density at radius 2 is 1.71 bits per heavy atom. The van der Waals surface area contributed by atoms with Gasteiger partial charge in [-0.2, -0.15) is 5.10 Å². The van der Waals surface area contributed by atoms with Gasteiger partial charge in [0, 0.05) is 6.54 Å². The summed E-state index contributed by atoms with van der Waals surface area (Å²) in [7, 11) is -3.88. The fraction of sp³-hybridized carbons (Fsp3) is 0.269. The van der Waals surface area contributed by atoms with Crippen molar-refractivity contribution in [3.63, 3.8) is 0 Å². The molecule has 0 radical (unpaired) electrons. The second kappa shape index (κ2) is 11.0. The molecule has 4 rings (SSSR count). The Morgan fingerprint density at radius 3 is 2.44 bits per heavy atom. The van der Waals surface area contributed by atoms with Crippen LogP contribution in [0.2, 0.25) is 5.02 Å². The molecule has 34 heavy (non-hydrogen) atoms. The second-order valence-electron chi connectivity index (χ2n) is 8.53. The summed E-state index contributed by atoms with van der Waals surface area (Å²) in [5.74, 6) is 0. The van der Waals surface area contributed by atoms with Gasteiger partial charge in [-0.1, -0.05) is 60.5 Å². The predicted molar refractivity (Wildman–Crippen MR) is 140 cm³/mol. The number of benzene rings is 3. The van der Waals surface area contributed by atoms with E-state index in [0.717, 1.165) is 17.7 Å². The van der Waals surface area contributed by atoms with E-state index in [1.807, 2.05) is 25.1 Å². The summed E-state index contributed by atoms with van der Waals surface area (Å²) >= 11 is 6.14. The first-order valence-corrected chi connectivity index (χ1v) is 13.3. The molecule has 1 heterocycles. The van der Waals surface area contributed by atoms with Gasteiger partial charge in [0.25, 0.3) is 10.0 Å². The summed E-state index contributed by atoms with van der Waals surface area (Å²) in [5, 5.41) is 4.61. The molecule has 3 aromatic carbocycles. The van der Waals surface area contributed by atoms with E-state index in [1.54, 1.807) is 42.6 Å². The van der Waals surface area contributed by atoms with Crippen molar-refractivity contribution >= 4 is 39.2 Å². The third kappa shape index (κ3) is 6.38. The average molecular weight is 497 g/mol. The van der Waals surface area contributed by atoms with Crippen LogP contribution in [0.25, 0.3) is 0 Å². The van der Waals surface area contributed by atoms with Gasteiger partial charge in [0.05, 0.1) is 22.6 Å². The third-order valence-corrected chi connectivity index (χ3v) is 7.51. The molecule has 0 amide bonds. The maximum absolute atomic E-state index is 13.1. The lowest BCUT2D eigenvalue weighted by Gasteiger charge is -2.26. The molecule has 3 aromatic rings. The van der Waals surface area contributed by atoms with E-state index in [-0.39, 0.29) is 4.90 Å². The van der Waals surface area contributed by atoms with E-state index in [2.05, 4.69) is 32.3 Å². The molecule has 0 saturated carbocycles. The summed E-state index contributed by atoms with van der Waals surface area (Å²) < 4.78 is 28.8. The number of para-hydroxylation sites is 1. The van der Waals surface area contributed by atoms with Gasteiger partial charge >= 0.3 is 0 Å². The number of aryl methyl sites for hydroxylation is 1. The Morgan fingerprint density at radius 1 is 0.971 bits per heavy atom. The number of nitrogens with zero attached hydrogens (tertiary/aromatic N) is 2. The summed E-state index contributed by atoms with van der Waals surface area (Å²) in [6, 6.07) is 20.1. The summed E-state index contributed by atoms with van der Waals surface area (Å²) in [6.07, 6.45) is 5.57. The Hall–Kier alpha value is -2.87. The fourth-order valence-electron chi connectivity index (χ4n) is 3.95. The Kier molecular flexibility index (Phi) is 7.88. The molecule has 0 unspecified atom stereocenters. The molecule has 0 atom stereocenters. The first-order valence-electron chi connectivity index (χ1n) is 11.4. The number of halogens is 1. The van der Waals surface area contributed by atoms with Crippen LogP contribution < -0.4 is 10.1 Å². The molecule has 2 N–H and O–H groups in total. The molecule has 8 heteroatoms. The highest BCUT2D eigenvalue weighted by molar-refractivity contribution is 7.93. The molecule has 1 saturated heterocycles. The van der Waals surface area contributed by atoms with Crippen LogP contribution in [0.4, 0.5) is 11.4 Å². The Labute approximate surface area is 206 Å². The van der Waals surface area contributed by atoms with Crippen molar-refractivity contribution in [1.29, 1.82) is 0 Å². The van der Waals surface area contributed by atoms with Crippen molar-refractivity contribution in [1.82, 2.24) is 4.90 Å². The molecular formula is C26H29ClN4O2S. The van der Waals surface area contributed by atoms with Crippen LogP contribution in [-0.2, 0) is 16.6 Å². The van der Waals surface area contributed by atoms with Gasteiger partial charge < -0.3 is 0 Å². The second-order valence-corrected chi connectivity index (χ2v) is 10.6. The number of hydrazone groups is 1. The smallest absolute Gasteiger partial charge is 0.264 e. The van der Waals surface area contributed by atoms with Crippen molar-refractivity contribution in [3.05, 3.63) is 88.4 Å². The van der Waals surface area contributed by atoms with E-state index in [0.29, 0.717) is 16.4 Å². The minimum absolute atomic E-state index is 0.0986. The number of rotatable bonds is 8. The maximum atomic E-state index is 13.1. The van der Waals surface area contributed by atoms with Gasteiger partial charge in [0.2, 0.25) is 0 Å². The normalized spacial score (nSPS) is 14.9. The van der Waals surface area contributed by atoms with Gasteiger partial charge in [-0.15, -0.1) is 0 Å². The van der Waals surface area contributed by atoms with E-state index in [4.69, 9.17) is 11.6 Å². The van der Waals surface area contributed by atoms with Crippen molar-refractivity contribution in [2.24, 2.45) is 5.10 Å². The molecular weight excluding hydrogens is 468 g/mol. The van der Waals surface area contributed by atoms with Gasteiger partial charge in [-0.05, 0) is 73.8 Å². The Bertz CT molecular complexity index is 1250. The minimum Gasteiger partial charge on any atom is -0.299 e. The molecule has 0 aliphatic carbocycles. The third-order valence-electron chi connectivity index (χ3n) is 5.78. The van der Waals surface area contributed by atoms with Crippen LogP contribution in [0, 0.1) is 6.92 Å². The van der Waals surface area contributed by atoms with Crippen LogP contribution >= 0.6 is 11.6 Å². The molecule has 178 valence electrons. The van der Waals surface area contributed by atoms with E-state index in [1.165, 1.54) is 37.9 Å². The number of hydrogen-bond acceptors (Lipinski definition) is 5. The largest absolute Gasteiger partial charge is 0.299 e.